The molecule has 0 amide bonds. The van der Waals surface area contributed by atoms with Gasteiger partial charge in [-0.15, -0.1) is 11.3 Å². The number of hydrogen-bond donors (Lipinski definition) is 0. The first kappa shape index (κ1) is 12.9. The molecule has 1 aliphatic rings. The molecular weight excluding hydrogens is 256 g/mol. The summed E-state index contributed by atoms with van der Waals surface area (Å²) >= 11 is 1.63. The van der Waals surface area contributed by atoms with Crippen molar-refractivity contribution in [2.45, 2.75) is 13.3 Å². The lowest BCUT2D eigenvalue weighted by Gasteiger charge is -1.96. The quantitative estimate of drug-likeness (QED) is 0.823. The van der Waals surface area contributed by atoms with Crippen LogP contribution in [0.2, 0.25) is 0 Å². The van der Waals surface area contributed by atoms with Crippen molar-refractivity contribution in [2.75, 3.05) is 0 Å². The number of thiophene rings is 1. The van der Waals surface area contributed by atoms with Crippen molar-refractivity contribution in [1.29, 1.82) is 10.5 Å². The molecule has 1 aliphatic heterocycles. The molecule has 0 spiro atoms. The fourth-order valence-corrected chi connectivity index (χ4v) is 2.22. The monoisotopic (exact) mass is 266 g/mol. The number of hydrogen-bond acceptors (Lipinski definition) is 5. The van der Waals surface area contributed by atoms with Crippen LogP contribution in [0.5, 0.6) is 0 Å². The summed E-state index contributed by atoms with van der Waals surface area (Å²) in [5.74, 6) is 0. The third-order valence-corrected chi connectivity index (χ3v) is 3.25. The molecule has 0 fully saturated rings. The van der Waals surface area contributed by atoms with Gasteiger partial charge in [0.25, 0.3) is 0 Å². The molecule has 1 aromatic rings. The molecule has 19 heavy (non-hydrogen) atoms. The van der Waals surface area contributed by atoms with E-state index in [0.29, 0.717) is 6.42 Å². The minimum Gasteiger partial charge on any atom is -0.244 e. The number of nitrogens with zero attached hydrogens (tertiary/aromatic N) is 4. The molecule has 0 saturated heterocycles. The molecule has 0 saturated carbocycles. The molecule has 0 aliphatic carbocycles. The Morgan fingerprint density at radius 1 is 1.21 bits per heavy atom. The van der Waals surface area contributed by atoms with Gasteiger partial charge in [0.05, 0.1) is 0 Å². The van der Waals surface area contributed by atoms with Gasteiger partial charge in [0, 0.05) is 22.7 Å². The molecule has 0 radical (unpaired) electrons. The number of rotatable bonds is 2. The van der Waals surface area contributed by atoms with Crippen LogP contribution in [0, 0.1) is 22.7 Å². The Hall–Kier alpha value is -2.50. The number of aliphatic imine (C=N–C) groups is 2. The Balaban J connectivity index is 2.35. The van der Waals surface area contributed by atoms with Crippen LogP contribution in [0.4, 0.5) is 0 Å². The zero-order valence-corrected chi connectivity index (χ0v) is 11.1. The first-order chi connectivity index (χ1) is 9.22. The van der Waals surface area contributed by atoms with Gasteiger partial charge in [-0.3, -0.25) is 0 Å². The van der Waals surface area contributed by atoms with Crippen LogP contribution in [0.25, 0.3) is 6.08 Å². The van der Waals surface area contributed by atoms with Crippen LogP contribution in [0.15, 0.2) is 45.0 Å². The van der Waals surface area contributed by atoms with Gasteiger partial charge in [-0.05, 0) is 30.5 Å². The van der Waals surface area contributed by atoms with Crippen molar-refractivity contribution in [3.05, 3.63) is 39.9 Å². The van der Waals surface area contributed by atoms with Gasteiger partial charge in [0.2, 0.25) is 0 Å². The van der Waals surface area contributed by atoms with Crippen molar-refractivity contribution in [2.24, 2.45) is 9.98 Å². The molecule has 0 N–H and O–H groups in total. The standard InChI is InChI=1S/C14H10N4S/c1-10-7-11(4-5-12-3-2-6-19-12)18-14(9-16)13(8-15)17-10/h2-6H,7H2,1H3/b5-4+. The second-order valence-electron chi connectivity index (χ2n) is 3.90. The van der Waals surface area contributed by atoms with Crippen molar-refractivity contribution < 1.29 is 0 Å². The lowest BCUT2D eigenvalue weighted by atomic mass is 10.2. The van der Waals surface area contributed by atoms with Crippen LogP contribution in [-0.2, 0) is 0 Å². The fraction of sp³-hybridized carbons (Fsp3) is 0.143. The summed E-state index contributed by atoms with van der Waals surface area (Å²) in [4.78, 5) is 9.44. The molecule has 0 bridgehead atoms. The fourth-order valence-electron chi connectivity index (χ4n) is 1.60. The van der Waals surface area contributed by atoms with Crippen molar-refractivity contribution in [3.8, 4) is 12.1 Å². The Morgan fingerprint density at radius 2 is 1.95 bits per heavy atom. The Bertz CT molecular complexity index is 676. The van der Waals surface area contributed by atoms with Gasteiger partial charge >= 0.3 is 0 Å². The molecule has 2 rings (SSSR count). The Kier molecular flexibility index (Phi) is 4.02. The maximum absolute atomic E-state index is 9.02. The summed E-state index contributed by atoms with van der Waals surface area (Å²) in [6.07, 6.45) is 4.35. The molecule has 2 heterocycles. The van der Waals surface area contributed by atoms with E-state index in [9.17, 15) is 0 Å². The lowest BCUT2D eigenvalue weighted by Crippen LogP contribution is -2.00. The van der Waals surface area contributed by atoms with Crippen LogP contribution < -0.4 is 0 Å². The van der Waals surface area contributed by atoms with Gasteiger partial charge < -0.3 is 0 Å². The van der Waals surface area contributed by atoms with E-state index in [1.807, 2.05) is 48.7 Å². The summed E-state index contributed by atoms with van der Waals surface area (Å²) in [6.45, 7) is 1.83. The average molecular weight is 266 g/mol. The highest BCUT2D eigenvalue weighted by Crippen LogP contribution is 2.15. The van der Waals surface area contributed by atoms with Crippen molar-refractivity contribution in [1.82, 2.24) is 0 Å². The first-order valence-corrected chi connectivity index (χ1v) is 6.48. The van der Waals surface area contributed by atoms with E-state index in [1.165, 1.54) is 0 Å². The normalized spacial score (nSPS) is 15.5. The second kappa shape index (κ2) is 5.90. The number of allylic oxidation sites excluding steroid dienone is 3. The summed E-state index contributed by atoms with van der Waals surface area (Å²) < 4.78 is 0. The summed E-state index contributed by atoms with van der Waals surface area (Å²) in [5, 5.41) is 20.0. The third kappa shape index (κ3) is 3.25. The van der Waals surface area contributed by atoms with E-state index in [1.54, 1.807) is 11.3 Å². The smallest absolute Gasteiger partial charge is 0.177 e. The van der Waals surface area contributed by atoms with Crippen LogP contribution >= 0.6 is 11.3 Å². The van der Waals surface area contributed by atoms with E-state index in [2.05, 4.69) is 9.98 Å². The molecule has 1 aromatic heterocycles. The maximum atomic E-state index is 9.02. The zero-order valence-electron chi connectivity index (χ0n) is 10.3. The van der Waals surface area contributed by atoms with E-state index in [-0.39, 0.29) is 11.4 Å². The maximum Gasteiger partial charge on any atom is 0.177 e. The first-order valence-electron chi connectivity index (χ1n) is 5.60. The highest BCUT2D eigenvalue weighted by atomic mass is 32.1. The van der Waals surface area contributed by atoms with Gasteiger partial charge in [-0.2, -0.15) is 10.5 Å². The molecule has 4 nitrogen and oxygen atoms in total. The molecule has 0 unspecified atom stereocenters. The summed E-state index contributed by atoms with van der Waals surface area (Å²) in [6, 6.07) is 7.80. The minimum atomic E-state index is 0.0742. The predicted octanol–water partition coefficient (Wildman–Crippen LogP) is 3.33. The van der Waals surface area contributed by atoms with Gasteiger partial charge in [0.1, 0.15) is 12.1 Å². The SMILES string of the molecule is CC1=NC(C#N)=C(C#N)N=C(/C=C/c2cccs2)C1. The number of nitriles is 2. The van der Waals surface area contributed by atoms with Crippen molar-refractivity contribution in [3.63, 3.8) is 0 Å². The van der Waals surface area contributed by atoms with E-state index in [4.69, 9.17) is 10.5 Å². The largest absolute Gasteiger partial charge is 0.244 e. The predicted molar refractivity (Wildman–Crippen MR) is 76.8 cm³/mol. The highest BCUT2D eigenvalue weighted by molar-refractivity contribution is 7.10. The summed E-state index contributed by atoms with van der Waals surface area (Å²) in [7, 11) is 0. The molecule has 0 atom stereocenters. The third-order valence-electron chi connectivity index (χ3n) is 2.41. The lowest BCUT2D eigenvalue weighted by molar-refractivity contribution is 1.27. The Morgan fingerprint density at radius 3 is 2.58 bits per heavy atom. The molecule has 0 aromatic carbocycles. The minimum absolute atomic E-state index is 0.0742. The van der Waals surface area contributed by atoms with Gasteiger partial charge in [-0.1, -0.05) is 6.07 Å². The van der Waals surface area contributed by atoms with Crippen LogP contribution in [0.3, 0.4) is 0 Å². The van der Waals surface area contributed by atoms with Crippen LogP contribution in [0.1, 0.15) is 18.2 Å². The molecular formula is C14H10N4S. The molecule has 5 heteroatoms. The van der Waals surface area contributed by atoms with E-state index >= 15 is 0 Å². The highest BCUT2D eigenvalue weighted by Gasteiger charge is 2.11. The topological polar surface area (TPSA) is 72.3 Å². The van der Waals surface area contributed by atoms with Crippen LogP contribution in [-0.4, -0.2) is 11.4 Å². The Labute approximate surface area is 115 Å². The van der Waals surface area contributed by atoms with E-state index in [0.717, 1.165) is 16.3 Å². The van der Waals surface area contributed by atoms with E-state index < -0.39 is 0 Å². The summed E-state index contributed by atoms with van der Waals surface area (Å²) in [5.41, 5.74) is 1.66. The zero-order chi connectivity index (χ0) is 13.7. The van der Waals surface area contributed by atoms with Gasteiger partial charge in [0.15, 0.2) is 11.4 Å². The second-order valence-corrected chi connectivity index (χ2v) is 4.88. The van der Waals surface area contributed by atoms with Crippen molar-refractivity contribution >= 4 is 28.8 Å². The molecule has 92 valence electrons. The average Bonchev–Trinajstić information content (AvgIpc) is 2.87. The van der Waals surface area contributed by atoms with Gasteiger partial charge in [-0.25, -0.2) is 9.98 Å².